The van der Waals surface area contributed by atoms with E-state index >= 15 is 0 Å². The Morgan fingerprint density at radius 1 is 1.21 bits per heavy atom. The molecule has 1 aliphatic carbocycles. The van der Waals surface area contributed by atoms with Crippen LogP contribution >= 0.6 is 31.9 Å². The Balaban J connectivity index is 1.45. The number of ether oxygens (including phenoxy) is 1. The van der Waals surface area contributed by atoms with Crippen LogP contribution in [0.2, 0.25) is 0 Å². The van der Waals surface area contributed by atoms with E-state index in [1.807, 2.05) is 36.3 Å². The highest BCUT2D eigenvalue weighted by Gasteiger charge is 2.59. The molecule has 33 heavy (non-hydrogen) atoms. The van der Waals surface area contributed by atoms with Gasteiger partial charge in [0.2, 0.25) is 0 Å². The van der Waals surface area contributed by atoms with E-state index in [0.717, 1.165) is 29.8 Å². The predicted octanol–water partition coefficient (Wildman–Crippen LogP) is 5.66. The van der Waals surface area contributed by atoms with Gasteiger partial charge < -0.3 is 14.5 Å². The lowest BCUT2D eigenvalue weighted by Crippen LogP contribution is -2.44. The molecule has 2 heterocycles. The molecule has 1 saturated carbocycles. The first-order valence-corrected chi connectivity index (χ1v) is 12.6. The van der Waals surface area contributed by atoms with Gasteiger partial charge in [-0.3, -0.25) is 0 Å². The second kappa shape index (κ2) is 8.75. The molecule has 0 unspecified atom stereocenters. The fourth-order valence-corrected chi connectivity index (χ4v) is 6.47. The first-order valence-electron chi connectivity index (χ1n) is 10.7. The van der Waals surface area contributed by atoms with Crippen LogP contribution in [-0.2, 0) is 16.1 Å². The second-order valence-electron chi connectivity index (χ2n) is 8.70. The van der Waals surface area contributed by atoms with E-state index in [0.29, 0.717) is 34.0 Å². The summed E-state index contributed by atoms with van der Waals surface area (Å²) in [5.74, 6) is 1.56. The predicted molar refractivity (Wildman–Crippen MR) is 131 cm³/mol. The minimum absolute atomic E-state index is 0.0145. The fourth-order valence-electron chi connectivity index (χ4n) is 4.92. The smallest absolute Gasteiger partial charge is 0.410 e. The number of carbonyl (C=O) groups excluding carboxylic acids is 2. The summed E-state index contributed by atoms with van der Waals surface area (Å²) in [4.78, 5) is 28.6. The average molecular weight is 576 g/mol. The molecule has 5 rings (SSSR count). The Morgan fingerprint density at radius 2 is 1.97 bits per heavy atom. The lowest BCUT2D eigenvalue weighted by molar-refractivity contribution is 0.102. The number of allylic oxidation sites excluding steroid dienone is 3. The van der Waals surface area contributed by atoms with Gasteiger partial charge in [-0.15, -0.1) is 0 Å². The van der Waals surface area contributed by atoms with Gasteiger partial charge in [-0.2, -0.15) is 0 Å². The molecule has 2 aromatic rings. The van der Waals surface area contributed by atoms with Crippen molar-refractivity contribution in [2.75, 3.05) is 23.3 Å². The summed E-state index contributed by atoms with van der Waals surface area (Å²) >= 11 is 7.12. The van der Waals surface area contributed by atoms with Gasteiger partial charge in [0.1, 0.15) is 18.4 Å². The molecule has 1 spiro atoms. The molecular formula is C25H21Br2FN2O3. The number of benzene rings is 2. The molecule has 1 amide bonds. The molecule has 0 bridgehead atoms. The van der Waals surface area contributed by atoms with E-state index in [9.17, 15) is 14.0 Å². The van der Waals surface area contributed by atoms with Crippen LogP contribution in [0.5, 0.6) is 0 Å². The molecule has 8 heteroatoms. The van der Waals surface area contributed by atoms with Crippen LogP contribution in [0.4, 0.5) is 14.9 Å². The van der Waals surface area contributed by atoms with E-state index in [1.165, 1.54) is 12.1 Å². The highest BCUT2D eigenvalue weighted by atomic mass is 79.9. The number of amides is 1. The summed E-state index contributed by atoms with van der Waals surface area (Å²) < 4.78 is 20.3. The zero-order valence-electron chi connectivity index (χ0n) is 17.7. The van der Waals surface area contributed by atoms with Crippen molar-refractivity contribution in [2.45, 2.75) is 25.5 Å². The molecule has 2 fully saturated rings. The Hall–Kier alpha value is -2.41. The van der Waals surface area contributed by atoms with Gasteiger partial charge in [-0.25, -0.2) is 14.0 Å². The van der Waals surface area contributed by atoms with Gasteiger partial charge in [0, 0.05) is 35.1 Å². The number of nitrogens with zero attached hydrogens (tertiary/aromatic N) is 2. The number of hydrogen-bond donors (Lipinski definition) is 0. The molecular weight excluding hydrogens is 555 g/mol. The Morgan fingerprint density at radius 3 is 2.64 bits per heavy atom. The summed E-state index contributed by atoms with van der Waals surface area (Å²) in [6.07, 6.45) is 1.66. The number of fused-ring (bicyclic) bond motifs is 1. The molecule has 1 saturated heterocycles. The summed E-state index contributed by atoms with van der Waals surface area (Å²) in [6, 6.07) is 14.1. The van der Waals surface area contributed by atoms with Crippen LogP contribution in [0, 0.1) is 11.2 Å². The normalized spacial score (nSPS) is 20.7. The fraction of sp³-hybridized carbons (Fsp3) is 0.320. The van der Waals surface area contributed by atoms with E-state index in [1.54, 1.807) is 11.0 Å². The van der Waals surface area contributed by atoms with Crippen molar-refractivity contribution in [1.82, 2.24) is 4.90 Å². The molecule has 1 atom stereocenters. The number of alkyl halides is 1. The number of likely N-dealkylation sites (tertiary alicyclic amines) is 1. The number of anilines is 1. The van der Waals surface area contributed by atoms with Crippen LogP contribution in [0.15, 0.2) is 58.7 Å². The van der Waals surface area contributed by atoms with Gasteiger partial charge in [-0.05, 0) is 52.5 Å². The lowest BCUT2D eigenvalue weighted by atomic mass is 9.92. The van der Waals surface area contributed by atoms with Crippen molar-refractivity contribution in [3.8, 4) is 0 Å². The molecule has 0 aromatic heterocycles. The van der Waals surface area contributed by atoms with Crippen LogP contribution in [0.1, 0.15) is 24.0 Å². The Bertz CT molecular complexity index is 1190. The van der Waals surface area contributed by atoms with Crippen molar-refractivity contribution in [3.63, 3.8) is 0 Å². The Labute approximate surface area is 208 Å². The number of halogens is 3. The van der Waals surface area contributed by atoms with E-state index in [-0.39, 0.29) is 24.2 Å². The molecule has 0 radical (unpaired) electrons. The molecule has 5 nitrogen and oxygen atoms in total. The van der Waals surface area contributed by atoms with Gasteiger partial charge in [0.25, 0.3) is 0 Å². The minimum Gasteiger partial charge on any atom is -0.445 e. The largest absolute Gasteiger partial charge is 0.445 e. The van der Waals surface area contributed by atoms with Gasteiger partial charge in [-0.1, -0.05) is 46.3 Å². The molecule has 2 aromatic carbocycles. The lowest BCUT2D eigenvalue weighted by Gasteiger charge is -2.40. The zero-order valence-corrected chi connectivity index (χ0v) is 20.9. The molecule has 170 valence electrons. The number of carbonyl (C=O) groups is 1. The molecule has 3 aliphatic rings. The average Bonchev–Trinajstić information content (AvgIpc) is 3.50. The third kappa shape index (κ3) is 3.94. The highest BCUT2D eigenvalue weighted by Crippen LogP contribution is 2.57. The summed E-state index contributed by atoms with van der Waals surface area (Å²) in [7, 11) is 0. The van der Waals surface area contributed by atoms with Crippen molar-refractivity contribution in [3.05, 3.63) is 75.7 Å². The van der Waals surface area contributed by atoms with Crippen LogP contribution in [0.25, 0.3) is 5.57 Å². The van der Waals surface area contributed by atoms with Gasteiger partial charge in [0.15, 0.2) is 0 Å². The van der Waals surface area contributed by atoms with Crippen LogP contribution in [-0.4, -0.2) is 41.4 Å². The van der Waals surface area contributed by atoms with Crippen molar-refractivity contribution < 1.29 is 18.7 Å². The third-order valence-corrected chi connectivity index (χ3v) is 8.14. The summed E-state index contributed by atoms with van der Waals surface area (Å²) in [5.41, 5.74) is 3.31. The van der Waals surface area contributed by atoms with E-state index in [4.69, 9.17) is 4.74 Å². The number of hydrogen-bond acceptors (Lipinski definition) is 4. The highest BCUT2D eigenvalue weighted by molar-refractivity contribution is 9.12. The van der Waals surface area contributed by atoms with Crippen molar-refractivity contribution in [2.24, 2.45) is 5.41 Å². The topological polar surface area (TPSA) is 49.9 Å². The maximum Gasteiger partial charge on any atom is 0.410 e. The second-order valence-corrected chi connectivity index (χ2v) is 10.1. The summed E-state index contributed by atoms with van der Waals surface area (Å²) in [6.45, 7) is 1.33. The molecule has 2 aliphatic heterocycles. The Kier molecular flexibility index (Phi) is 5.93. The van der Waals surface area contributed by atoms with Gasteiger partial charge in [0.05, 0.1) is 21.8 Å². The monoisotopic (exact) mass is 574 g/mol. The van der Waals surface area contributed by atoms with Crippen LogP contribution in [0.3, 0.4) is 0 Å². The molecule has 0 N–H and O–H groups in total. The van der Waals surface area contributed by atoms with Crippen LogP contribution < -0.4 is 4.90 Å². The summed E-state index contributed by atoms with van der Waals surface area (Å²) in [5, 5.41) is 0.487. The zero-order chi connectivity index (χ0) is 23.2. The number of rotatable bonds is 4. The van der Waals surface area contributed by atoms with E-state index < -0.39 is 5.82 Å². The van der Waals surface area contributed by atoms with E-state index in [2.05, 4.69) is 36.8 Å². The SMILES string of the molecule is O=C=C1C(Br)=C(CBr)N([C@@H]2CN(C(=O)OCc3ccccc3)CC23CC3)c2ccc(F)cc21. The minimum atomic E-state index is -0.414. The van der Waals surface area contributed by atoms with Gasteiger partial charge >= 0.3 is 6.09 Å². The van der Waals surface area contributed by atoms with Crippen molar-refractivity contribution in [1.29, 1.82) is 0 Å². The first kappa shape index (κ1) is 22.4. The third-order valence-electron chi connectivity index (χ3n) is 6.75. The standard InChI is InChI=1S/C25H21Br2FN2O3/c26-11-21-23(27)19(13-31)18-10-17(28)6-7-20(18)30(21)22-12-29(15-25(22)8-9-25)24(32)33-14-16-4-2-1-3-5-16/h1-7,10,22H,8-9,11-12,14-15H2/t22-/m1/s1. The first-order chi connectivity index (χ1) is 16.0. The quantitative estimate of drug-likeness (QED) is 0.348. The maximum absolute atomic E-state index is 14.1. The van der Waals surface area contributed by atoms with Crippen molar-refractivity contribution >= 4 is 55.2 Å². The maximum atomic E-state index is 14.1.